The number of nitrogens with two attached hydrogens (primary N) is 1. The van der Waals surface area contributed by atoms with Crippen LogP contribution in [-0.2, 0) is 15.8 Å². The maximum absolute atomic E-state index is 12.8. The fourth-order valence-corrected chi connectivity index (χ4v) is 8.24. The number of phenols is 2. The number of nitrogens with zero attached hydrogens (tertiary/aromatic N) is 10. The number of carbonyl (C=O) groups excluding carboxylic acids is 3. The molecule has 2 aromatic carbocycles. The van der Waals surface area contributed by atoms with E-state index in [1.807, 2.05) is 32.8 Å². The summed E-state index contributed by atoms with van der Waals surface area (Å²) in [6, 6.07) is 6.36. The highest BCUT2D eigenvalue weighted by Gasteiger charge is 2.23. The van der Waals surface area contributed by atoms with Gasteiger partial charge in [-0.05, 0) is 128 Å². The van der Waals surface area contributed by atoms with Crippen molar-refractivity contribution in [2.75, 3.05) is 39.3 Å². The largest absolute Gasteiger partial charge is 0.506 e. The van der Waals surface area contributed by atoms with Crippen molar-refractivity contribution in [1.29, 1.82) is 0 Å². The molecule has 29 heteroatoms. The number of fused-ring (bicyclic) bond motifs is 1. The second-order valence-corrected chi connectivity index (χ2v) is 25.1. The van der Waals surface area contributed by atoms with E-state index in [1.165, 1.54) is 34.0 Å². The van der Waals surface area contributed by atoms with E-state index in [9.17, 15) is 29.2 Å². The topological polar surface area (TPSA) is 235 Å². The van der Waals surface area contributed by atoms with Gasteiger partial charge in [-0.1, -0.05) is 70.7 Å². The molecule has 0 fully saturated rings. The minimum Gasteiger partial charge on any atom is -0.506 e. The van der Waals surface area contributed by atoms with Crippen LogP contribution in [-0.4, -0.2) is 112 Å². The summed E-state index contributed by atoms with van der Waals surface area (Å²) in [5.74, 6) is 1.17. The van der Waals surface area contributed by atoms with E-state index in [1.54, 1.807) is 64.3 Å². The van der Waals surface area contributed by atoms with Gasteiger partial charge >= 0.3 is 5.20 Å². The third-order valence-corrected chi connectivity index (χ3v) is 11.8. The molecular weight excluding hydrogens is 1300 g/mol. The summed E-state index contributed by atoms with van der Waals surface area (Å²) in [6.07, 6.45) is 2.16. The number of imidazole rings is 1. The van der Waals surface area contributed by atoms with Crippen LogP contribution in [0.5, 0.6) is 11.5 Å². The van der Waals surface area contributed by atoms with E-state index in [-0.39, 0.29) is 34.3 Å². The Labute approximate surface area is 437 Å². The Kier molecular flexibility index (Phi) is 28.3. The number of benzene rings is 2. The maximum atomic E-state index is 12.8. The molecule has 0 aliphatic rings. The Balaban J connectivity index is 0.000000415. The first-order chi connectivity index (χ1) is 29.9. The minimum atomic E-state index is -3.22. The number of aromatic hydroxyl groups is 2. The number of alkyl halides is 1. The third kappa shape index (κ3) is 21.6. The van der Waals surface area contributed by atoms with Crippen LogP contribution < -0.4 is 5.73 Å². The van der Waals surface area contributed by atoms with Crippen molar-refractivity contribution in [3.05, 3.63) is 81.2 Å². The number of Topliss-reactive ketones (excluding diaryl/α,β-unsaturated/α-hetero) is 1. The summed E-state index contributed by atoms with van der Waals surface area (Å²) in [5, 5.41) is 36.1. The molecule has 1 amide bonds. The van der Waals surface area contributed by atoms with Gasteiger partial charge in [0.15, 0.2) is 5.78 Å². The van der Waals surface area contributed by atoms with Crippen LogP contribution in [0.3, 0.4) is 0 Å². The predicted octanol–water partition coefficient (Wildman–Crippen LogP) is 12.3. The van der Waals surface area contributed by atoms with Gasteiger partial charge in [-0.3, -0.25) is 18.9 Å². The molecule has 350 valence electrons. The van der Waals surface area contributed by atoms with E-state index in [4.69, 9.17) is 5.73 Å². The Hall–Kier alpha value is -2.16. The van der Waals surface area contributed by atoms with Crippen LogP contribution in [0.1, 0.15) is 65.7 Å². The molecule has 4 aromatic heterocycles. The second-order valence-electron chi connectivity index (χ2n) is 12.0. The van der Waals surface area contributed by atoms with Gasteiger partial charge in [0.25, 0.3) is 0 Å². The van der Waals surface area contributed by atoms with Gasteiger partial charge < -0.3 is 25.7 Å². The zero-order chi connectivity index (χ0) is 48.9. The molecule has 0 unspecified atom stereocenters. The SMILES string of the molecule is CCC(=Nc1nncs1)N(C)C.CCC(=O)N(C)C.CCc1nc2scnn2c1C(=O)c1cc(Br)c(O)c(Br)c1.Nc1nncs1.O=C(CBr)c1cc(Br)c(O)c(Br)c1.O=P(Cl)(Cl)Cl. The summed E-state index contributed by atoms with van der Waals surface area (Å²) in [5.41, 5.74) is 12.2. The number of aryl methyl sites for hydroxylation is 1. The van der Waals surface area contributed by atoms with E-state index in [2.05, 4.69) is 156 Å². The second kappa shape index (κ2) is 30.3. The minimum absolute atomic E-state index is 0.0265. The quantitative estimate of drug-likeness (QED) is 0.0423. The van der Waals surface area contributed by atoms with Crippen molar-refractivity contribution in [1.82, 2.24) is 44.8 Å². The highest BCUT2D eigenvalue weighted by Crippen LogP contribution is 2.61. The number of hydrogen-bond acceptors (Lipinski definition) is 17. The van der Waals surface area contributed by atoms with Gasteiger partial charge in [0.1, 0.15) is 39.6 Å². The summed E-state index contributed by atoms with van der Waals surface area (Å²) in [6.45, 7) is 5.87. The van der Waals surface area contributed by atoms with Gasteiger partial charge in [0.2, 0.25) is 26.9 Å². The van der Waals surface area contributed by atoms with Crippen molar-refractivity contribution in [3.63, 3.8) is 0 Å². The lowest BCUT2D eigenvalue weighted by Gasteiger charge is -2.12. The average molecular weight is 1340 g/mol. The number of amidine groups is 1. The van der Waals surface area contributed by atoms with Crippen molar-refractivity contribution in [2.45, 2.75) is 40.0 Å². The number of hydrogen-bond donors (Lipinski definition) is 3. The van der Waals surface area contributed by atoms with E-state index in [0.717, 1.165) is 23.1 Å². The van der Waals surface area contributed by atoms with Crippen molar-refractivity contribution >= 4 is 191 Å². The van der Waals surface area contributed by atoms with E-state index >= 15 is 0 Å². The highest BCUT2D eigenvalue weighted by molar-refractivity contribution is 9.11. The van der Waals surface area contributed by atoms with Gasteiger partial charge in [-0.2, -0.15) is 9.61 Å². The number of rotatable bonds is 8. The smallest absolute Gasteiger partial charge is 0.339 e. The lowest BCUT2D eigenvalue weighted by Crippen LogP contribution is -2.20. The molecular formula is C35H40Br5Cl3N11O6PS3. The molecule has 6 aromatic rings. The Morgan fingerprint density at radius 3 is 1.64 bits per heavy atom. The molecule has 0 atom stereocenters. The normalized spacial score (nSPS) is 10.6. The van der Waals surface area contributed by atoms with Gasteiger partial charge in [0.05, 0.1) is 28.9 Å². The highest BCUT2D eigenvalue weighted by atomic mass is 79.9. The number of halogens is 8. The van der Waals surface area contributed by atoms with Crippen LogP contribution in [0.4, 0.5) is 10.3 Å². The van der Waals surface area contributed by atoms with Gasteiger partial charge in [-0.15, -0.1) is 20.4 Å². The van der Waals surface area contributed by atoms with Crippen LogP contribution in [0.2, 0.25) is 0 Å². The van der Waals surface area contributed by atoms with Crippen LogP contribution >= 0.6 is 153 Å². The number of aliphatic imine (C=N–C) groups is 1. The molecule has 0 radical (unpaired) electrons. The van der Waals surface area contributed by atoms with E-state index in [0.29, 0.717) is 57.6 Å². The van der Waals surface area contributed by atoms with E-state index < -0.39 is 5.20 Å². The van der Waals surface area contributed by atoms with Gasteiger partial charge in [-0.25, -0.2) is 9.98 Å². The van der Waals surface area contributed by atoms with Gasteiger partial charge in [0, 0.05) is 52.2 Å². The number of amides is 1. The average Bonchev–Trinajstić information content (AvgIpc) is 4.07. The predicted molar refractivity (Wildman–Crippen MR) is 278 cm³/mol. The lowest BCUT2D eigenvalue weighted by atomic mass is 10.1. The molecule has 4 heterocycles. The molecule has 0 spiro atoms. The molecule has 4 N–H and O–H groups in total. The number of phenolic OH excluding ortho intramolecular Hbond substituents is 2. The molecule has 64 heavy (non-hydrogen) atoms. The summed E-state index contributed by atoms with van der Waals surface area (Å²) < 4.78 is 13.0. The molecule has 6 rings (SSSR count). The summed E-state index contributed by atoms with van der Waals surface area (Å²) >= 11 is 33.9. The Morgan fingerprint density at radius 1 is 0.797 bits per heavy atom. The fraction of sp³-hybridized carbons (Fsp3) is 0.314. The number of carbonyl (C=O) groups is 3. The fourth-order valence-electron chi connectivity index (χ4n) is 4.17. The van der Waals surface area contributed by atoms with Crippen LogP contribution in [0.25, 0.3) is 4.96 Å². The lowest BCUT2D eigenvalue weighted by molar-refractivity contribution is -0.128. The van der Waals surface area contributed by atoms with Crippen molar-refractivity contribution in [2.24, 2.45) is 4.99 Å². The monoisotopic (exact) mass is 1340 g/mol. The number of aromatic nitrogens is 7. The standard InChI is InChI=1S/C13H9Br2N3O2S.C8H5Br3O2.C7H12N4S.C5H11NO.C2H3N3S.Cl3OP/c1-2-9-10(18-13(17-9)21-5-16-18)11(19)6-3-7(14)12(20)8(15)4-6;9-3-7(12)4-1-5(10)8(13)6(11)2-4;1-4-6(11(2)3)9-7-10-8-5-12-7;1-4-5(7)6(2)3;3-2-5-4-1-6-2;1-5(2,3)4/h3-5,20H,2H2,1H3;1-2,13H,3H2;5H,4H2,1-3H3;4H2,1-3H3;1H,(H2,3,5);. The number of nitrogen functional groups attached to an aromatic ring is 1. The molecule has 0 aliphatic carbocycles. The number of anilines is 1. The summed E-state index contributed by atoms with van der Waals surface area (Å²) in [7, 11) is 7.46. The van der Waals surface area contributed by atoms with Crippen LogP contribution in [0.15, 0.2) is 63.7 Å². The third-order valence-electron chi connectivity index (χ3n) is 7.09. The molecule has 0 bridgehead atoms. The van der Waals surface area contributed by atoms with Crippen LogP contribution in [0, 0.1) is 0 Å². The first-order valence-corrected chi connectivity index (χ1v) is 29.0. The maximum Gasteiger partial charge on any atom is 0.339 e. The zero-order valence-corrected chi connectivity index (χ0v) is 48.2. The number of ketones is 2. The zero-order valence-electron chi connectivity index (χ0n) is 34.6. The first kappa shape index (κ1) is 59.9. The van der Waals surface area contributed by atoms with Crippen molar-refractivity contribution in [3.8, 4) is 11.5 Å². The summed E-state index contributed by atoms with van der Waals surface area (Å²) in [4.78, 5) is 47.5. The van der Waals surface area contributed by atoms with Crippen molar-refractivity contribution < 1.29 is 29.2 Å². The Morgan fingerprint density at radius 2 is 1.30 bits per heavy atom. The molecule has 0 saturated carbocycles. The Bertz CT molecular complexity index is 2440. The molecule has 0 aliphatic heterocycles. The molecule has 17 nitrogen and oxygen atoms in total. The first-order valence-electron chi connectivity index (χ1n) is 17.6. The molecule has 0 saturated heterocycles.